The van der Waals surface area contributed by atoms with E-state index in [2.05, 4.69) is 16.0 Å². The second-order valence-electron chi connectivity index (χ2n) is 9.78. The van der Waals surface area contributed by atoms with E-state index in [0.717, 1.165) is 21.6 Å². The summed E-state index contributed by atoms with van der Waals surface area (Å²) in [5.41, 5.74) is 4.21. The van der Waals surface area contributed by atoms with Gasteiger partial charge in [0.25, 0.3) is 11.8 Å². The van der Waals surface area contributed by atoms with E-state index < -0.39 is 17.1 Å². The molecule has 5 rings (SSSR count). The number of carbonyl (C=O) groups is 3. The molecule has 0 fully saturated rings. The maximum atomic E-state index is 13.5. The minimum Gasteiger partial charge on any atom is -0.325 e. The summed E-state index contributed by atoms with van der Waals surface area (Å²) in [6, 6.07) is 32.7. The Morgan fingerprint density at radius 2 is 1.55 bits per heavy atom. The van der Waals surface area contributed by atoms with Crippen LogP contribution in [0.3, 0.4) is 0 Å². The maximum Gasteiger partial charge on any atom is 0.272 e. The standard InChI is InChI=1S/C35H28ClN3O3S2/c1-23-15-16-28(21-30(23)36)38-35(42)32(25-9-4-2-5-10-25)44-29-14-8-13-27(20-29)37-34(41)31(19-24-17-18-43-22-24)39-33(40)26-11-6-3-7-12-26/h2-22,32H,1H3,(H,37,41)(H,38,42)(H,39,40)/b31-19-. The zero-order valence-electron chi connectivity index (χ0n) is 23.6. The van der Waals surface area contributed by atoms with Gasteiger partial charge in [0.05, 0.1) is 0 Å². The van der Waals surface area contributed by atoms with Gasteiger partial charge in [-0.05, 0) is 89.0 Å². The van der Waals surface area contributed by atoms with E-state index in [4.69, 9.17) is 11.6 Å². The van der Waals surface area contributed by atoms with Gasteiger partial charge in [-0.25, -0.2) is 0 Å². The number of halogens is 1. The van der Waals surface area contributed by atoms with Crippen molar-refractivity contribution in [3.8, 4) is 0 Å². The second-order valence-corrected chi connectivity index (χ2v) is 12.1. The molecule has 0 radical (unpaired) electrons. The Hall–Kier alpha value is -4.63. The van der Waals surface area contributed by atoms with Crippen LogP contribution in [0.4, 0.5) is 11.4 Å². The molecule has 0 aliphatic carbocycles. The largest absolute Gasteiger partial charge is 0.325 e. The van der Waals surface area contributed by atoms with Crippen LogP contribution in [0.1, 0.15) is 32.3 Å². The van der Waals surface area contributed by atoms with Gasteiger partial charge in [-0.1, -0.05) is 72.3 Å². The van der Waals surface area contributed by atoms with Gasteiger partial charge in [-0.15, -0.1) is 11.8 Å². The first kappa shape index (κ1) is 30.8. The molecule has 0 saturated carbocycles. The lowest BCUT2D eigenvalue weighted by molar-refractivity contribution is -0.116. The second kappa shape index (κ2) is 14.7. The van der Waals surface area contributed by atoms with E-state index >= 15 is 0 Å². The third-order valence-electron chi connectivity index (χ3n) is 6.51. The van der Waals surface area contributed by atoms with Crippen LogP contribution in [0.2, 0.25) is 5.02 Å². The summed E-state index contributed by atoms with van der Waals surface area (Å²) in [6.45, 7) is 1.90. The minimum atomic E-state index is -0.582. The lowest BCUT2D eigenvalue weighted by Crippen LogP contribution is -2.30. The first-order valence-electron chi connectivity index (χ1n) is 13.7. The van der Waals surface area contributed by atoms with Crippen molar-refractivity contribution in [2.24, 2.45) is 0 Å². The van der Waals surface area contributed by atoms with Crippen molar-refractivity contribution in [3.05, 3.63) is 153 Å². The SMILES string of the molecule is Cc1ccc(NC(=O)C(Sc2cccc(NC(=O)/C(=C/c3ccsc3)NC(=O)c3ccccc3)c2)c2ccccc2)cc1Cl. The predicted molar refractivity (Wildman–Crippen MR) is 181 cm³/mol. The van der Waals surface area contributed by atoms with Crippen LogP contribution in [0, 0.1) is 6.92 Å². The summed E-state index contributed by atoms with van der Waals surface area (Å²) in [4.78, 5) is 40.7. The Labute approximate surface area is 269 Å². The fourth-order valence-electron chi connectivity index (χ4n) is 4.23. The number of anilines is 2. The van der Waals surface area contributed by atoms with Crippen LogP contribution in [0.15, 0.2) is 131 Å². The smallest absolute Gasteiger partial charge is 0.272 e. The molecular weight excluding hydrogens is 610 g/mol. The van der Waals surface area contributed by atoms with Gasteiger partial charge in [0.1, 0.15) is 10.9 Å². The van der Waals surface area contributed by atoms with Crippen LogP contribution < -0.4 is 16.0 Å². The van der Waals surface area contributed by atoms with Crippen molar-refractivity contribution in [3.63, 3.8) is 0 Å². The van der Waals surface area contributed by atoms with Crippen LogP contribution in [-0.2, 0) is 9.59 Å². The van der Waals surface area contributed by atoms with Crippen LogP contribution in [0.5, 0.6) is 0 Å². The van der Waals surface area contributed by atoms with Gasteiger partial charge in [-0.2, -0.15) is 11.3 Å². The monoisotopic (exact) mass is 637 g/mol. The van der Waals surface area contributed by atoms with Crippen LogP contribution in [-0.4, -0.2) is 17.7 Å². The molecule has 0 aliphatic heterocycles. The van der Waals surface area contributed by atoms with E-state index in [1.165, 1.54) is 23.1 Å². The van der Waals surface area contributed by atoms with Gasteiger partial charge in [0.2, 0.25) is 5.91 Å². The fourth-order valence-corrected chi connectivity index (χ4v) is 6.11. The van der Waals surface area contributed by atoms with Crippen molar-refractivity contribution >= 4 is 69.9 Å². The lowest BCUT2D eigenvalue weighted by Gasteiger charge is -2.18. The average Bonchev–Trinajstić information content (AvgIpc) is 3.55. The molecule has 6 nitrogen and oxygen atoms in total. The Bertz CT molecular complexity index is 1790. The van der Waals surface area contributed by atoms with Crippen molar-refractivity contribution in [1.82, 2.24) is 5.32 Å². The van der Waals surface area contributed by atoms with Crippen molar-refractivity contribution in [2.45, 2.75) is 17.1 Å². The molecule has 5 aromatic rings. The number of hydrogen-bond acceptors (Lipinski definition) is 5. The summed E-state index contributed by atoms with van der Waals surface area (Å²) in [7, 11) is 0. The summed E-state index contributed by atoms with van der Waals surface area (Å²) in [5, 5.41) is 12.4. The molecule has 0 bridgehead atoms. The first-order valence-corrected chi connectivity index (χ1v) is 15.9. The highest BCUT2D eigenvalue weighted by Crippen LogP contribution is 2.37. The molecule has 0 saturated heterocycles. The molecule has 3 N–H and O–H groups in total. The van der Waals surface area contributed by atoms with Gasteiger partial charge in [0, 0.05) is 26.9 Å². The maximum absolute atomic E-state index is 13.5. The summed E-state index contributed by atoms with van der Waals surface area (Å²) in [5.74, 6) is -1.07. The zero-order valence-corrected chi connectivity index (χ0v) is 26.0. The van der Waals surface area contributed by atoms with Gasteiger partial charge >= 0.3 is 0 Å². The molecule has 3 amide bonds. The van der Waals surface area contributed by atoms with Crippen LogP contribution >= 0.6 is 34.7 Å². The number of benzene rings is 4. The topological polar surface area (TPSA) is 87.3 Å². The first-order chi connectivity index (χ1) is 21.4. The van der Waals surface area contributed by atoms with Gasteiger partial charge < -0.3 is 16.0 Å². The van der Waals surface area contributed by atoms with E-state index in [9.17, 15) is 14.4 Å². The van der Waals surface area contributed by atoms with Gasteiger partial charge in [0.15, 0.2) is 0 Å². The molecule has 4 aromatic carbocycles. The number of thiophene rings is 1. The Kier molecular flexibility index (Phi) is 10.3. The highest BCUT2D eigenvalue weighted by Gasteiger charge is 2.23. The molecule has 0 spiro atoms. The van der Waals surface area contributed by atoms with E-state index in [1.54, 1.807) is 48.5 Å². The quantitative estimate of drug-likeness (QED) is 0.106. The molecule has 1 heterocycles. The number of carbonyl (C=O) groups excluding carboxylic acids is 3. The number of nitrogens with one attached hydrogen (secondary N) is 3. The molecule has 220 valence electrons. The summed E-state index contributed by atoms with van der Waals surface area (Å²) >= 11 is 9.14. The molecule has 1 aromatic heterocycles. The molecule has 0 aliphatic rings. The highest BCUT2D eigenvalue weighted by atomic mass is 35.5. The van der Waals surface area contributed by atoms with E-state index in [-0.39, 0.29) is 11.6 Å². The molecule has 1 atom stereocenters. The molecule has 44 heavy (non-hydrogen) atoms. The molecule has 1 unspecified atom stereocenters. The van der Waals surface area contributed by atoms with E-state index in [1.807, 2.05) is 84.4 Å². The Morgan fingerprint density at radius 1 is 0.818 bits per heavy atom. The Balaban J connectivity index is 1.35. The number of amides is 3. The molecular formula is C35H28ClN3O3S2. The van der Waals surface area contributed by atoms with Crippen molar-refractivity contribution < 1.29 is 14.4 Å². The van der Waals surface area contributed by atoms with E-state index in [0.29, 0.717) is 22.0 Å². The van der Waals surface area contributed by atoms with Gasteiger partial charge in [-0.3, -0.25) is 14.4 Å². The number of aryl methyl sites for hydroxylation is 1. The Morgan fingerprint density at radius 3 is 2.25 bits per heavy atom. The number of hydrogen-bond donors (Lipinski definition) is 3. The normalized spacial score (nSPS) is 11.8. The molecule has 9 heteroatoms. The fraction of sp³-hybridized carbons (Fsp3) is 0.0571. The number of rotatable bonds is 10. The van der Waals surface area contributed by atoms with Crippen molar-refractivity contribution in [1.29, 1.82) is 0 Å². The van der Waals surface area contributed by atoms with Crippen molar-refractivity contribution in [2.75, 3.05) is 10.6 Å². The van der Waals surface area contributed by atoms with Crippen LogP contribution in [0.25, 0.3) is 6.08 Å². The highest BCUT2D eigenvalue weighted by molar-refractivity contribution is 8.00. The summed E-state index contributed by atoms with van der Waals surface area (Å²) < 4.78 is 0. The third kappa shape index (κ3) is 8.26. The number of thioether (sulfide) groups is 1. The summed E-state index contributed by atoms with van der Waals surface area (Å²) in [6.07, 6.45) is 1.64. The predicted octanol–water partition coefficient (Wildman–Crippen LogP) is 8.59. The minimum absolute atomic E-state index is 0.105. The third-order valence-corrected chi connectivity index (χ3v) is 8.87. The average molecular weight is 638 g/mol. The lowest BCUT2D eigenvalue weighted by atomic mass is 10.1. The zero-order chi connectivity index (χ0) is 30.9.